The van der Waals surface area contributed by atoms with E-state index in [1.165, 1.54) is 0 Å². The summed E-state index contributed by atoms with van der Waals surface area (Å²) in [6, 6.07) is 11.7. The number of amides is 1. The van der Waals surface area contributed by atoms with Crippen molar-refractivity contribution in [1.29, 1.82) is 0 Å². The van der Waals surface area contributed by atoms with E-state index in [1.807, 2.05) is 43.3 Å². The SMILES string of the molecule is CCCCCNC(=O)/C=C(\C)c1cc2c(-c3cccc(OC)c3)coc2cc1OC. The van der Waals surface area contributed by atoms with Crippen LogP contribution < -0.4 is 14.8 Å². The van der Waals surface area contributed by atoms with Crippen molar-refractivity contribution in [2.75, 3.05) is 20.8 Å². The van der Waals surface area contributed by atoms with E-state index in [2.05, 4.69) is 12.2 Å². The van der Waals surface area contributed by atoms with Crippen molar-refractivity contribution < 1.29 is 18.7 Å². The van der Waals surface area contributed by atoms with E-state index in [0.717, 1.165) is 58.2 Å². The second-order valence-corrected chi connectivity index (χ2v) is 7.26. The van der Waals surface area contributed by atoms with E-state index in [4.69, 9.17) is 13.9 Å². The van der Waals surface area contributed by atoms with Crippen LogP contribution in [0.5, 0.6) is 11.5 Å². The van der Waals surface area contributed by atoms with E-state index in [0.29, 0.717) is 12.3 Å². The first-order chi connectivity index (χ1) is 14.6. The van der Waals surface area contributed by atoms with Gasteiger partial charge in [0, 0.05) is 35.2 Å². The Hall–Kier alpha value is -3.21. The normalized spacial score (nSPS) is 11.5. The van der Waals surface area contributed by atoms with Crippen LogP contribution in [0.2, 0.25) is 0 Å². The average Bonchev–Trinajstić information content (AvgIpc) is 3.18. The van der Waals surface area contributed by atoms with Gasteiger partial charge in [0.15, 0.2) is 0 Å². The smallest absolute Gasteiger partial charge is 0.244 e. The number of nitrogens with one attached hydrogen (secondary N) is 1. The Morgan fingerprint density at radius 1 is 1.13 bits per heavy atom. The molecule has 0 aliphatic heterocycles. The number of ether oxygens (including phenoxy) is 2. The molecule has 0 saturated heterocycles. The Morgan fingerprint density at radius 3 is 2.70 bits per heavy atom. The third-order valence-electron chi connectivity index (χ3n) is 5.13. The van der Waals surface area contributed by atoms with Crippen LogP contribution in [0.4, 0.5) is 0 Å². The highest BCUT2D eigenvalue weighted by atomic mass is 16.5. The molecule has 3 rings (SSSR count). The minimum Gasteiger partial charge on any atom is -0.497 e. The van der Waals surface area contributed by atoms with Crippen molar-refractivity contribution in [2.45, 2.75) is 33.1 Å². The molecular weight excluding hydrogens is 378 g/mol. The van der Waals surface area contributed by atoms with Crippen LogP contribution in [0.15, 0.2) is 53.2 Å². The molecule has 1 heterocycles. The van der Waals surface area contributed by atoms with E-state index in [-0.39, 0.29) is 5.91 Å². The number of carbonyl (C=O) groups is 1. The van der Waals surface area contributed by atoms with Crippen LogP contribution in [-0.2, 0) is 4.79 Å². The lowest BCUT2D eigenvalue weighted by molar-refractivity contribution is -0.116. The molecule has 158 valence electrons. The largest absolute Gasteiger partial charge is 0.497 e. The molecule has 0 unspecified atom stereocenters. The van der Waals surface area contributed by atoms with Gasteiger partial charge in [0.2, 0.25) is 5.91 Å². The molecule has 0 atom stereocenters. The molecule has 0 spiro atoms. The number of carbonyl (C=O) groups excluding carboxylic acids is 1. The fourth-order valence-electron chi connectivity index (χ4n) is 3.46. The van der Waals surface area contributed by atoms with Gasteiger partial charge >= 0.3 is 0 Å². The molecule has 5 nitrogen and oxygen atoms in total. The fourth-order valence-corrected chi connectivity index (χ4v) is 3.46. The van der Waals surface area contributed by atoms with Crippen molar-refractivity contribution in [2.24, 2.45) is 0 Å². The van der Waals surface area contributed by atoms with Gasteiger partial charge in [-0.15, -0.1) is 0 Å². The number of hydrogen-bond donors (Lipinski definition) is 1. The monoisotopic (exact) mass is 407 g/mol. The van der Waals surface area contributed by atoms with Gasteiger partial charge in [0.05, 0.1) is 20.5 Å². The molecule has 0 aliphatic rings. The highest BCUT2D eigenvalue weighted by molar-refractivity contribution is 6.00. The Morgan fingerprint density at radius 2 is 1.97 bits per heavy atom. The second-order valence-electron chi connectivity index (χ2n) is 7.26. The highest BCUT2D eigenvalue weighted by Gasteiger charge is 2.15. The van der Waals surface area contributed by atoms with Gasteiger partial charge in [0.1, 0.15) is 17.1 Å². The summed E-state index contributed by atoms with van der Waals surface area (Å²) >= 11 is 0. The molecule has 1 N–H and O–H groups in total. The minimum atomic E-state index is -0.0917. The molecule has 0 aliphatic carbocycles. The number of rotatable bonds is 9. The quantitative estimate of drug-likeness (QED) is 0.358. The van der Waals surface area contributed by atoms with E-state index in [1.54, 1.807) is 26.6 Å². The van der Waals surface area contributed by atoms with E-state index in [9.17, 15) is 4.79 Å². The van der Waals surface area contributed by atoms with Gasteiger partial charge in [0.25, 0.3) is 0 Å². The maximum Gasteiger partial charge on any atom is 0.244 e. The maximum atomic E-state index is 12.3. The molecule has 30 heavy (non-hydrogen) atoms. The van der Waals surface area contributed by atoms with Crippen LogP contribution in [0, 0.1) is 0 Å². The predicted octanol–water partition coefficient (Wildman–Crippen LogP) is 5.83. The maximum absolute atomic E-state index is 12.3. The number of benzene rings is 2. The van der Waals surface area contributed by atoms with Gasteiger partial charge in [-0.2, -0.15) is 0 Å². The van der Waals surface area contributed by atoms with Gasteiger partial charge in [-0.1, -0.05) is 31.9 Å². The van der Waals surface area contributed by atoms with Gasteiger partial charge < -0.3 is 19.2 Å². The first-order valence-corrected chi connectivity index (χ1v) is 10.3. The van der Waals surface area contributed by atoms with Crippen LogP contribution in [0.3, 0.4) is 0 Å². The molecule has 5 heteroatoms. The van der Waals surface area contributed by atoms with Crippen LogP contribution in [0.1, 0.15) is 38.7 Å². The van der Waals surface area contributed by atoms with Crippen LogP contribution in [-0.4, -0.2) is 26.7 Å². The average molecular weight is 408 g/mol. The number of methoxy groups -OCH3 is 2. The standard InChI is InChI=1S/C25H29NO4/c1-5-6-7-11-26-25(27)12-17(2)20-14-21-22(16-30-24(21)15-23(20)29-4)18-9-8-10-19(13-18)28-3/h8-10,12-16H,5-7,11H2,1-4H3,(H,26,27)/b17-12+. The Bertz CT molecular complexity index is 1050. The summed E-state index contributed by atoms with van der Waals surface area (Å²) < 4.78 is 16.7. The number of furan rings is 1. The molecule has 2 aromatic carbocycles. The van der Waals surface area contributed by atoms with Crippen molar-refractivity contribution >= 4 is 22.4 Å². The number of allylic oxidation sites excluding steroid dienone is 1. The summed E-state index contributed by atoms with van der Waals surface area (Å²) in [6.45, 7) is 4.75. The highest BCUT2D eigenvalue weighted by Crippen LogP contribution is 2.38. The zero-order chi connectivity index (χ0) is 21.5. The zero-order valence-electron chi connectivity index (χ0n) is 18.1. The van der Waals surface area contributed by atoms with Gasteiger partial charge in [-0.05, 0) is 42.7 Å². The van der Waals surface area contributed by atoms with Gasteiger partial charge in [-0.25, -0.2) is 0 Å². The Kier molecular flexibility index (Phi) is 7.17. The first kappa shape index (κ1) is 21.5. The lowest BCUT2D eigenvalue weighted by Gasteiger charge is -2.10. The van der Waals surface area contributed by atoms with Crippen LogP contribution in [0.25, 0.3) is 27.7 Å². The van der Waals surface area contributed by atoms with Crippen molar-refractivity contribution in [3.05, 3.63) is 54.3 Å². The second kappa shape index (κ2) is 10.0. The lowest BCUT2D eigenvalue weighted by atomic mass is 9.99. The minimum absolute atomic E-state index is 0.0917. The summed E-state index contributed by atoms with van der Waals surface area (Å²) in [5.41, 5.74) is 4.38. The molecule has 0 radical (unpaired) electrons. The number of unbranched alkanes of at least 4 members (excludes halogenated alkanes) is 2. The van der Waals surface area contributed by atoms with Crippen LogP contribution >= 0.6 is 0 Å². The van der Waals surface area contributed by atoms with Crippen molar-refractivity contribution in [1.82, 2.24) is 5.32 Å². The molecule has 0 fully saturated rings. The molecule has 1 aromatic heterocycles. The topological polar surface area (TPSA) is 60.7 Å². The summed E-state index contributed by atoms with van der Waals surface area (Å²) in [6.07, 6.45) is 6.59. The Balaban J connectivity index is 1.95. The molecule has 0 saturated carbocycles. The first-order valence-electron chi connectivity index (χ1n) is 10.3. The summed E-state index contributed by atoms with van der Waals surface area (Å²) in [5, 5.41) is 3.90. The predicted molar refractivity (Wildman–Crippen MR) is 121 cm³/mol. The fraction of sp³-hybridized carbons (Fsp3) is 0.320. The van der Waals surface area contributed by atoms with E-state index >= 15 is 0 Å². The van der Waals surface area contributed by atoms with Gasteiger partial charge in [-0.3, -0.25) is 4.79 Å². The number of fused-ring (bicyclic) bond motifs is 1. The van der Waals surface area contributed by atoms with Crippen molar-refractivity contribution in [3.63, 3.8) is 0 Å². The molecule has 3 aromatic rings. The third-order valence-corrected chi connectivity index (χ3v) is 5.13. The molecule has 0 bridgehead atoms. The lowest BCUT2D eigenvalue weighted by Crippen LogP contribution is -2.22. The van der Waals surface area contributed by atoms with E-state index < -0.39 is 0 Å². The summed E-state index contributed by atoms with van der Waals surface area (Å²) in [5.74, 6) is 1.36. The zero-order valence-corrected chi connectivity index (χ0v) is 18.1. The number of hydrogen-bond acceptors (Lipinski definition) is 4. The Labute approximate surface area is 177 Å². The third kappa shape index (κ3) is 4.85. The summed E-state index contributed by atoms with van der Waals surface area (Å²) in [7, 11) is 3.27. The molecule has 1 amide bonds. The molecular formula is C25H29NO4. The van der Waals surface area contributed by atoms with Crippen molar-refractivity contribution in [3.8, 4) is 22.6 Å². The summed E-state index contributed by atoms with van der Waals surface area (Å²) in [4.78, 5) is 12.3.